The van der Waals surface area contributed by atoms with Gasteiger partial charge < -0.3 is 5.32 Å². The van der Waals surface area contributed by atoms with E-state index in [0.29, 0.717) is 5.56 Å². The van der Waals surface area contributed by atoms with Gasteiger partial charge in [0.1, 0.15) is 0 Å². The lowest BCUT2D eigenvalue weighted by molar-refractivity contribution is -0.127. The molecular formula is C22H24N4O3S2. The standard InChI is InChI=1S/C22H24N4O3S2/c1-22(2,3)15-10-8-14(9-11-15)20(29)23-12-18(27)25-26-19(28)13-30-21-24-16-6-4-5-7-17(16)31-21/h4-11H,12-13H2,1-3H3,(H,23,29)(H,25,27)(H,26,28). The van der Waals surface area contributed by atoms with E-state index >= 15 is 0 Å². The number of nitrogens with one attached hydrogen (secondary N) is 3. The number of rotatable bonds is 6. The second-order valence-electron chi connectivity index (χ2n) is 7.84. The summed E-state index contributed by atoms with van der Waals surface area (Å²) in [6.45, 7) is 6.04. The first-order chi connectivity index (χ1) is 14.7. The van der Waals surface area contributed by atoms with Crippen LogP contribution in [0.2, 0.25) is 0 Å². The fourth-order valence-electron chi connectivity index (χ4n) is 2.64. The number of thiazole rings is 1. The van der Waals surface area contributed by atoms with Crippen LogP contribution in [0.15, 0.2) is 52.9 Å². The molecule has 1 heterocycles. The van der Waals surface area contributed by atoms with Gasteiger partial charge >= 0.3 is 0 Å². The van der Waals surface area contributed by atoms with Crippen LogP contribution in [0.3, 0.4) is 0 Å². The molecule has 9 heteroatoms. The molecular weight excluding hydrogens is 432 g/mol. The third kappa shape index (κ3) is 6.53. The SMILES string of the molecule is CC(C)(C)c1ccc(C(=O)NCC(=O)NNC(=O)CSc2nc3ccccc3s2)cc1. The Morgan fingerprint density at radius 3 is 2.32 bits per heavy atom. The number of hydrogen-bond donors (Lipinski definition) is 3. The number of para-hydroxylation sites is 1. The van der Waals surface area contributed by atoms with Crippen LogP contribution in [0.5, 0.6) is 0 Å². The summed E-state index contributed by atoms with van der Waals surface area (Å²) < 4.78 is 1.84. The summed E-state index contributed by atoms with van der Waals surface area (Å²) in [5.41, 5.74) is 7.12. The number of amides is 3. The Labute approximate surface area is 189 Å². The highest BCUT2D eigenvalue weighted by atomic mass is 32.2. The van der Waals surface area contributed by atoms with Crippen LogP contribution in [-0.4, -0.2) is 35.0 Å². The zero-order valence-electron chi connectivity index (χ0n) is 17.5. The predicted molar refractivity (Wildman–Crippen MR) is 124 cm³/mol. The molecule has 0 atom stereocenters. The van der Waals surface area contributed by atoms with Gasteiger partial charge in [-0.3, -0.25) is 25.2 Å². The maximum atomic E-state index is 12.2. The highest BCUT2D eigenvalue weighted by molar-refractivity contribution is 8.01. The van der Waals surface area contributed by atoms with Crippen LogP contribution >= 0.6 is 23.1 Å². The van der Waals surface area contributed by atoms with Gasteiger partial charge in [0.05, 0.1) is 22.5 Å². The Balaban J connectivity index is 1.38. The van der Waals surface area contributed by atoms with Crippen molar-refractivity contribution in [1.29, 1.82) is 0 Å². The van der Waals surface area contributed by atoms with E-state index in [1.165, 1.54) is 23.1 Å². The second-order valence-corrected chi connectivity index (χ2v) is 10.1. The predicted octanol–water partition coefficient (Wildman–Crippen LogP) is 3.26. The van der Waals surface area contributed by atoms with Crippen LogP contribution in [0.25, 0.3) is 10.2 Å². The van der Waals surface area contributed by atoms with Gasteiger partial charge in [0.25, 0.3) is 11.8 Å². The Kier molecular flexibility index (Phi) is 7.29. The molecule has 3 rings (SSSR count). The number of carbonyl (C=O) groups is 3. The molecule has 0 saturated carbocycles. The maximum Gasteiger partial charge on any atom is 0.257 e. The van der Waals surface area contributed by atoms with Gasteiger partial charge in [0.15, 0.2) is 4.34 Å². The van der Waals surface area contributed by atoms with Crippen molar-refractivity contribution in [2.24, 2.45) is 0 Å². The number of fused-ring (bicyclic) bond motifs is 1. The minimum atomic E-state index is -0.516. The lowest BCUT2D eigenvalue weighted by atomic mass is 9.87. The lowest BCUT2D eigenvalue weighted by Gasteiger charge is -2.19. The third-order valence-corrected chi connectivity index (χ3v) is 6.54. The molecule has 0 bridgehead atoms. The molecule has 31 heavy (non-hydrogen) atoms. The topological polar surface area (TPSA) is 100 Å². The number of benzene rings is 2. The summed E-state index contributed by atoms with van der Waals surface area (Å²) in [5.74, 6) is -1.11. The molecule has 1 aromatic heterocycles. The van der Waals surface area contributed by atoms with E-state index in [2.05, 4.69) is 41.9 Å². The molecule has 0 fully saturated rings. The van der Waals surface area contributed by atoms with E-state index in [1.54, 1.807) is 12.1 Å². The molecule has 3 amide bonds. The van der Waals surface area contributed by atoms with Crippen molar-refractivity contribution in [3.8, 4) is 0 Å². The van der Waals surface area contributed by atoms with Crippen molar-refractivity contribution >= 4 is 51.0 Å². The van der Waals surface area contributed by atoms with E-state index < -0.39 is 5.91 Å². The van der Waals surface area contributed by atoms with Gasteiger partial charge in [0.2, 0.25) is 5.91 Å². The largest absolute Gasteiger partial charge is 0.343 e. The molecule has 0 aliphatic rings. The van der Waals surface area contributed by atoms with Crippen LogP contribution in [0.1, 0.15) is 36.7 Å². The monoisotopic (exact) mass is 456 g/mol. The molecule has 3 aromatic rings. The van der Waals surface area contributed by atoms with Crippen molar-refractivity contribution in [2.45, 2.75) is 30.5 Å². The van der Waals surface area contributed by atoms with E-state index in [4.69, 9.17) is 0 Å². The quantitative estimate of drug-likeness (QED) is 0.391. The summed E-state index contributed by atoms with van der Waals surface area (Å²) in [6.07, 6.45) is 0. The Morgan fingerprint density at radius 1 is 0.968 bits per heavy atom. The molecule has 0 aliphatic carbocycles. The molecule has 3 N–H and O–H groups in total. The summed E-state index contributed by atoms with van der Waals surface area (Å²) in [4.78, 5) is 40.5. The molecule has 2 aromatic carbocycles. The zero-order valence-corrected chi connectivity index (χ0v) is 19.2. The highest BCUT2D eigenvalue weighted by Crippen LogP contribution is 2.29. The van der Waals surface area contributed by atoms with E-state index in [1.807, 2.05) is 36.4 Å². The van der Waals surface area contributed by atoms with Gasteiger partial charge in [-0.1, -0.05) is 56.8 Å². The van der Waals surface area contributed by atoms with Crippen LogP contribution < -0.4 is 16.2 Å². The van der Waals surface area contributed by atoms with Crippen LogP contribution in [0, 0.1) is 0 Å². The Morgan fingerprint density at radius 2 is 1.65 bits per heavy atom. The number of hydrazine groups is 1. The molecule has 162 valence electrons. The Bertz CT molecular complexity index is 1060. The van der Waals surface area contributed by atoms with E-state index in [0.717, 1.165) is 20.1 Å². The lowest BCUT2D eigenvalue weighted by Crippen LogP contribution is -2.46. The normalized spacial score (nSPS) is 11.2. The fraction of sp³-hybridized carbons (Fsp3) is 0.273. The molecule has 0 saturated heterocycles. The number of hydrogen-bond acceptors (Lipinski definition) is 6. The highest BCUT2D eigenvalue weighted by Gasteiger charge is 2.15. The van der Waals surface area contributed by atoms with Gasteiger partial charge in [-0.15, -0.1) is 11.3 Å². The summed E-state index contributed by atoms with van der Waals surface area (Å²) in [5, 5.41) is 2.54. The molecule has 0 spiro atoms. The average Bonchev–Trinajstić information content (AvgIpc) is 3.17. The summed E-state index contributed by atoms with van der Waals surface area (Å²) in [7, 11) is 0. The van der Waals surface area contributed by atoms with Gasteiger partial charge in [-0.05, 0) is 35.2 Å². The maximum absolute atomic E-state index is 12.2. The zero-order chi connectivity index (χ0) is 22.4. The molecule has 0 aliphatic heterocycles. The van der Waals surface area contributed by atoms with Crippen molar-refractivity contribution in [3.05, 3.63) is 59.7 Å². The second kappa shape index (κ2) is 9.93. The minimum Gasteiger partial charge on any atom is -0.343 e. The summed E-state index contributed by atoms with van der Waals surface area (Å²) >= 11 is 2.81. The van der Waals surface area contributed by atoms with Gasteiger partial charge in [-0.2, -0.15) is 0 Å². The molecule has 0 unspecified atom stereocenters. The van der Waals surface area contributed by atoms with Crippen LogP contribution in [-0.2, 0) is 15.0 Å². The Hall–Kier alpha value is -2.91. The smallest absolute Gasteiger partial charge is 0.257 e. The van der Waals surface area contributed by atoms with Crippen molar-refractivity contribution in [1.82, 2.24) is 21.2 Å². The van der Waals surface area contributed by atoms with Crippen molar-refractivity contribution < 1.29 is 14.4 Å². The van der Waals surface area contributed by atoms with Gasteiger partial charge in [-0.25, -0.2) is 4.98 Å². The number of nitrogens with zero attached hydrogens (tertiary/aromatic N) is 1. The van der Waals surface area contributed by atoms with E-state index in [-0.39, 0.29) is 29.5 Å². The van der Waals surface area contributed by atoms with Crippen molar-refractivity contribution in [3.63, 3.8) is 0 Å². The summed E-state index contributed by atoms with van der Waals surface area (Å²) in [6, 6.07) is 15.0. The first-order valence-electron chi connectivity index (χ1n) is 9.67. The minimum absolute atomic E-state index is 0.00157. The van der Waals surface area contributed by atoms with Crippen molar-refractivity contribution in [2.75, 3.05) is 12.3 Å². The average molecular weight is 457 g/mol. The fourth-order valence-corrected chi connectivity index (χ4v) is 4.51. The van der Waals surface area contributed by atoms with Crippen LogP contribution in [0.4, 0.5) is 0 Å². The third-order valence-electron chi connectivity index (χ3n) is 4.36. The molecule has 0 radical (unpaired) electrons. The number of carbonyl (C=O) groups excluding carboxylic acids is 3. The molecule has 7 nitrogen and oxygen atoms in total. The number of thioether (sulfide) groups is 1. The first-order valence-corrected chi connectivity index (χ1v) is 11.5. The first kappa shape index (κ1) is 22.8. The van der Waals surface area contributed by atoms with Gasteiger partial charge in [0, 0.05) is 5.56 Å². The number of aromatic nitrogens is 1. The van der Waals surface area contributed by atoms with E-state index in [9.17, 15) is 14.4 Å².